The summed E-state index contributed by atoms with van der Waals surface area (Å²) >= 11 is 1.82. The third-order valence-corrected chi connectivity index (χ3v) is 2.18. The van der Waals surface area contributed by atoms with E-state index in [1.165, 1.54) is 0 Å². The van der Waals surface area contributed by atoms with Gasteiger partial charge in [-0.1, -0.05) is 0 Å². The van der Waals surface area contributed by atoms with E-state index < -0.39 is 0 Å². The molecule has 1 heterocycles. The Labute approximate surface area is 60.2 Å². The number of aliphatic hydroxyl groups is 1. The van der Waals surface area contributed by atoms with Crippen LogP contribution in [0.25, 0.3) is 0 Å². The zero-order valence-electron chi connectivity index (χ0n) is 5.71. The Morgan fingerprint density at radius 3 is 3.00 bits per heavy atom. The van der Waals surface area contributed by atoms with Crippen molar-refractivity contribution in [3.8, 4) is 0 Å². The second-order valence-electron chi connectivity index (χ2n) is 2.44. The molecule has 0 aromatic carbocycles. The van der Waals surface area contributed by atoms with Crippen LogP contribution in [-0.4, -0.2) is 41.3 Å². The van der Waals surface area contributed by atoms with E-state index in [0.717, 1.165) is 25.4 Å². The Bertz CT molecular complexity index is 87.1. The third kappa shape index (κ3) is 2.16. The molecule has 1 rings (SSSR count). The molecule has 1 aliphatic heterocycles. The van der Waals surface area contributed by atoms with E-state index in [4.69, 9.17) is 5.11 Å². The highest BCUT2D eigenvalue weighted by Gasteiger charge is 2.18. The highest BCUT2D eigenvalue weighted by molar-refractivity contribution is 7.98. The Kier molecular flexibility index (Phi) is 2.82. The van der Waals surface area contributed by atoms with Crippen molar-refractivity contribution >= 4 is 11.8 Å². The smallest absolute Gasteiger partial charge is 0.0679 e. The number of likely N-dealkylation sites (tertiary alicyclic amines) is 1. The summed E-state index contributed by atoms with van der Waals surface area (Å²) in [5.41, 5.74) is 0. The van der Waals surface area contributed by atoms with Gasteiger partial charge in [0.15, 0.2) is 0 Å². The van der Waals surface area contributed by atoms with E-state index in [0.29, 0.717) is 0 Å². The first-order valence-corrected chi connectivity index (χ1v) is 4.61. The van der Waals surface area contributed by atoms with E-state index in [-0.39, 0.29) is 6.10 Å². The zero-order chi connectivity index (χ0) is 6.69. The summed E-state index contributed by atoms with van der Waals surface area (Å²) in [4.78, 5) is 2.27. The van der Waals surface area contributed by atoms with Crippen molar-refractivity contribution in [3.63, 3.8) is 0 Å². The number of hydrogen-bond acceptors (Lipinski definition) is 3. The molecule has 0 unspecified atom stereocenters. The molecule has 54 valence electrons. The second kappa shape index (κ2) is 3.44. The number of rotatable bonds is 2. The number of thioether (sulfide) groups is 1. The normalized spacial score (nSPS) is 29.3. The van der Waals surface area contributed by atoms with Gasteiger partial charge in [-0.2, -0.15) is 0 Å². The molecule has 1 aliphatic rings. The molecule has 0 radical (unpaired) electrons. The highest BCUT2D eigenvalue weighted by atomic mass is 32.2. The van der Waals surface area contributed by atoms with E-state index >= 15 is 0 Å². The lowest BCUT2D eigenvalue weighted by Crippen LogP contribution is -2.20. The Balaban J connectivity index is 2.14. The molecule has 0 bridgehead atoms. The minimum absolute atomic E-state index is 0.0582. The van der Waals surface area contributed by atoms with Crippen LogP contribution in [-0.2, 0) is 0 Å². The maximum atomic E-state index is 9.08. The summed E-state index contributed by atoms with van der Waals surface area (Å²) < 4.78 is 0. The molecule has 0 aromatic heterocycles. The van der Waals surface area contributed by atoms with E-state index in [1.807, 2.05) is 11.8 Å². The number of nitrogens with zero attached hydrogens (tertiary/aromatic N) is 1. The highest BCUT2D eigenvalue weighted by Crippen LogP contribution is 2.10. The largest absolute Gasteiger partial charge is 0.392 e. The van der Waals surface area contributed by atoms with Crippen molar-refractivity contribution in [2.75, 3.05) is 25.2 Å². The average molecular weight is 147 g/mol. The lowest BCUT2D eigenvalue weighted by Gasteiger charge is -2.11. The van der Waals surface area contributed by atoms with Crippen LogP contribution in [0.3, 0.4) is 0 Å². The van der Waals surface area contributed by atoms with Crippen LogP contribution in [0.1, 0.15) is 6.42 Å². The summed E-state index contributed by atoms with van der Waals surface area (Å²) in [7, 11) is 0. The van der Waals surface area contributed by atoms with Crippen LogP contribution < -0.4 is 0 Å². The molecule has 0 saturated carbocycles. The monoisotopic (exact) mass is 147 g/mol. The standard InChI is InChI=1S/C6H13NOS/c1-9-5-7-3-2-6(8)4-7/h6,8H,2-5H2,1H3/t6-/m0/s1. The molecule has 1 fully saturated rings. The van der Waals surface area contributed by atoms with Gasteiger partial charge in [0.1, 0.15) is 0 Å². The maximum Gasteiger partial charge on any atom is 0.0679 e. The zero-order valence-corrected chi connectivity index (χ0v) is 6.52. The minimum atomic E-state index is -0.0582. The first-order valence-electron chi connectivity index (χ1n) is 3.22. The fourth-order valence-corrected chi connectivity index (χ4v) is 1.71. The molecule has 3 heteroatoms. The van der Waals surface area contributed by atoms with Gasteiger partial charge in [0.25, 0.3) is 0 Å². The lowest BCUT2D eigenvalue weighted by atomic mass is 10.3. The lowest BCUT2D eigenvalue weighted by molar-refractivity contribution is 0.181. The molecule has 0 aliphatic carbocycles. The van der Waals surface area contributed by atoms with Gasteiger partial charge in [-0.05, 0) is 12.7 Å². The molecule has 2 nitrogen and oxygen atoms in total. The maximum absolute atomic E-state index is 9.08. The third-order valence-electron chi connectivity index (χ3n) is 1.56. The van der Waals surface area contributed by atoms with Gasteiger partial charge in [0, 0.05) is 19.0 Å². The van der Waals surface area contributed by atoms with Crippen molar-refractivity contribution in [2.45, 2.75) is 12.5 Å². The number of hydrogen-bond donors (Lipinski definition) is 1. The summed E-state index contributed by atoms with van der Waals surface area (Å²) in [6.45, 7) is 1.95. The first-order chi connectivity index (χ1) is 4.33. The van der Waals surface area contributed by atoms with Crippen LogP contribution in [0.5, 0.6) is 0 Å². The van der Waals surface area contributed by atoms with Crippen molar-refractivity contribution in [2.24, 2.45) is 0 Å². The second-order valence-corrected chi connectivity index (χ2v) is 3.27. The molecule has 1 N–H and O–H groups in total. The quantitative estimate of drug-likeness (QED) is 0.610. The Morgan fingerprint density at radius 1 is 1.78 bits per heavy atom. The molecule has 1 atom stereocenters. The van der Waals surface area contributed by atoms with Crippen molar-refractivity contribution < 1.29 is 5.11 Å². The van der Waals surface area contributed by atoms with Crippen LogP contribution in [0.15, 0.2) is 0 Å². The van der Waals surface area contributed by atoms with Gasteiger partial charge in [-0.15, -0.1) is 11.8 Å². The molecular formula is C6H13NOS. The van der Waals surface area contributed by atoms with Gasteiger partial charge in [-0.25, -0.2) is 0 Å². The summed E-state index contributed by atoms with van der Waals surface area (Å²) in [5.74, 6) is 1.07. The van der Waals surface area contributed by atoms with E-state index in [2.05, 4.69) is 11.2 Å². The predicted molar refractivity (Wildman–Crippen MR) is 40.6 cm³/mol. The summed E-state index contributed by atoms with van der Waals surface area (Å²) in [6, 6.07) is 0. The van der Waals surface area contributed by atoms with Gasteiger partial charge in [0.05, 0.1) is 6.10 Å². The number of aliphatic hydroxyl groups excluding tert-OH is 1. The van der Waals surface area contributed by atoms with Gasteiger partial charge >= 0.3 is 0 Å². The summed E-state index contributed by atoms with van der Waals surface area (Å²) in [6.07, 6.45) is 2.99. The van der Waals surface area contributed by atoms with E-state index in [1.54, 1.807) is 0 Å². The fourth-order valence-electron chi connectivity index (χ4n) is 1.11. The molecular weight excluding hydrogens is 134 g/mol. The topological polar surface area (TPSA) is 23.5 Å². The first kappa shape index (κ1) is 7.38. The average Bonchev–Trinajstić information content (AvgIpc) is 2.17. The van der Waals surface area contributed by atoms with Crippen molar-refractivity contribution in [1.29, 1.82) is 0 Å². The van der Waals surface area contributed by atoms with Crippen LogP contribution in [0.4, 0.5) is 0 Å². The van der Waals surface area contributed by atoms with Crippen LogP contribution >= 0.6 is 11.8 Å². The van der Waals surface area contributed by atoms with Crippen LogP contribution in [0.2, 0.25) is 0 Å². The van der Waals surface area contributed by atoms with Gasteiger partial charge < -0.3 is 5.11 Å². The fraction of sp³-hybridized carbons (Fsp3) is 1.00. The number of β-amino-alcohol motifs (C(OH)–C–C–N with tert-alkyl or cyclic N) is 1. The molecule has 1 saturated heterocycles. The molecule has 9 heavy (non-hydrogen) atoms. The molecule has 0 aromatic rings. The van der Waals surface area contributed by atoms with Gasteiger partial charge in [-0.3, -0.25) is 4.90 Å². The van der Waals surface area contributed by atoms with Gasteiger partial charge in [0.2, 0.25) is 0 Å². The Morgan fingerprint density at radius 2 is 2.56 bits per heavy atom. The van der Waals surface area contributed by atoms with Crippen LogP contribution in [0, 0.1) is 0 Å². The predicted octanol–water partition coefficient (Wildman–Crippen LogP) is 0.373. The van der Waals surface area contributed by atoms with E-state index in [9.17, 15) is 0 Å². The minimum Gasteiger partial charge on any atom is -0.392 e. The molecule has 0 spiro atoms. The van der Waals surface area contributed by atoms with Crippen molar-refractivity contribution in [3.05, 3.63) is 0 Å². The SMILES string of the molecule is CSCN1CC[C@H](O)C1. The Hall–Kier alpha value is 0.270. The molecule has 0 amide bonds. The van der Waals surface area contributed by atoms with Crippen molar-refractivity contribution in [1.82, 2.24) is 4.90 Å². The summed E-state index contributed by atoms with van der Waals surface area (Å²) in [5, 5.41) is 9.08.